The van der Waals surface area contributed by atoms with Gasteiger partial charge in [-0.25, -0.2) is 4.79 Å². The molecule has 0 aliphatic carbocycles. The van der Waals surface area contributed by atoms with Crippen LogP contribution >= 0.6 is 0 Å². The minimum atomic E-state index is -0.388. The van der Waals surface area contributed by atoms with Gasteiger partial charge in [-0.15, -0.1) is 0 Å². The van der Waals surface area contributed by atoms with Gasteiger partial charge in [0.25, 0.3) is 0 Å². The Labute approximate surface area is 150 Å². The molecule has 9 nitrogen and oxygen atoms in total. The second-order valence-electron chi connectivity index (χ2n) is 5.61. The lowest BCUT2D eigenvalue weighted by Crippen LogP contribution is -2.23. The highest BCUT2D eigenvalue weighted by atomic mass is 16.5. The van der Waals surface area contributed by atoms with Crippen LogP contribution in [0.3, 0.4) is 0 Å². The normalized spacial score (nSPS) is 11.1. The summed E-state index contributed by atoms with van der Waals surface area (Å²) in [5.74, 6) is 1.71. The zero-order valence-electron chi connectivity index (χ0n) is 14.8. The van der Waals surface area contributed by atoms with Gasteiger partial charge in [-0.2, -0.15) is 9.97 Å². The van der Waals surface area contributed by atoms with Gasteiger partial charge in [-0.1, -0.05) is 29.4 Å². The van der Waals surface area contributed by atoms with Crippen LogP contribution in [0.2, 0.25) is 0 Å². The lowest BCUT2D eigenvalue weighted by Gasteiger charge is -2.15. The van der Waals surface area contributed by atoms with Crippen LogP contribution in [0.4, 0.5) is 0 Å². The first-order valence-corrected chi connectivity index (χ1v) is 8.12. The largest absolute Gasteiger partial charge is 0.465 e. The summed E-state index contributed by atoms with van der Waals surface area (Å²) in [4.78, 5) is 22.1. The summed E-state index contributed by atoms with van der Waals surface area (Å²) in [6.07, 6.45) is 0. The van der Waals surface area contributed by atoms with Gasteiger partial charge in [0.1, 0.15) is 0 Å². The molecule has 26 heavy (non-hydrogen) atoms. The highest BCUT2D eigenvalue weighted by Crippen LogP contribution is 2.18. The molecular formula is C17H19N5O4. The van der Waals surface area contributed by atoms with Crippen LogP contribution in [-0.4, -0.2) is 44.8 Å². The maximum Gasteiger partial charge on any atom is 0.337 e. The Bertz CT molecular complexity index is 871. The van der Waals surface area contributed by atoms with Crippen LogP contribution in [0, 0.1) is 6.92 Å². The summed E-state index contributed by atoms with van der Waals surface area (Å²) in [5.41, 5.74) is 1.22. The summed E-state index contributed by atoms with van der Waals surface area (Å²) in [6, 6.07) is 6.82. The van der Waals surface area contributed by atoms with Crippen LogP contribution in [0.1, 0.15) is 34.9 Å². The van der Waals surface area contributed by atoms with Crippen LogP contribution < -0.4 is 0 Å². The Kier molecular flexibility index (Phi) is 5.37. The van der Waals surface area contributed by atoms with Gasteiger partial charge in [0.15, 0.2) is 5.82 Å². The Balaban J connectivity index is 1.67. The minimum absolute atomic E-state index is 0.388. The number of carbonyl (C=O) groups is 1. The van der Waals surface area contributed by atoms with E-state index >= 15 is 0 Å². The zero-order valence-corrected chi connectivity index (χ0v) is 14.8. The van der Waals surface area contributed by atoms with Gasteiger partial charge < -0.3 is 13.8 Å². The molecule has 2 aromatic heterocycles. The second-order valence-corrected chi connectivity index (χ2v) is 5.61. The molecule has 0 fully saturated rings. The number of ether oxygens (including phenoxy) is 1. The van der Waals surface area contributed by atoms with Crippen molar-refractivity contribution in [3.63, 3.8) is 0 Å². The number of carbonyl (C=O) groups excluding carboxylic acids is 1. The summed E-state index contributed by atoms with van der Waals surface area (Å²) >= 11 is 0. The van der Waals surface area contributed by atoms with Gasteiger partial charge in [-0.05, 0) is 18.7 Å². The third-order valence-electron chi connectivity index (χ3n) is 3.77. The van der Waals surface area contributed by atoms with Crippen LogP contribution in [-0.2, 0) is 17.8 Å². The smallest absolute Gasteiger partial charge is 0.337 e. The van der Waals surface area contributed by atoms with E-state index in [4.69, 9.17) is 9.05 Å². The average Bonchev–Trinajstić information content (AvgIpc) is 3.29. The Morgan fingerprint density at radius 3 is 2.50 bits per heavy atom. The van der Waals surface area contributed by atoms with Crippen LogP contribution in [0.25, 0.3) is 11.4 Å². The molecule has 9 heteroatoms. The summed E-state index contributed by atoms with van der Waals surface area (Å²) < 4.78 is 15.0. The van der Waals surface area contributed by atoms with E-state index in [1.807, 2.05) is 6.92 Å². The van der Waals surface area contributed by atoms with E-state index in [1.54, 1.807) is 31.2 Å². The van der Waals surface area contributed by atoms with E-state index in [1.165, 1.54) is 7.11 Å². The molecule has 0 N–H and O–H groups in total. The molecule has 0 saturated heterocycles. The highest BCUT2D eigenvalue weighted by molar-refractivity contribution is 5.89. The number of methoxy groups -OCH3 is 1. The van der Waals surface area contributed by atoms with E-state index in [2.05, 4.69) is 29.9 Å². The Hall–Kier alpha value is -3.07. The maximum absolute atomic E-state index is 11.5. The number of hydrogen-bond acceptors (Lipinski definition) is 9. The molecule has 0 bridgehead atoms. The van der Waals surface area contributed by atoms with Crippen LogP contribution in [0.15, 0.2) is 33.3 Å². The molecule has 0 aliphatic rings. The van der Waals surface area contributed by atoms with Crippen molar-refractivity contribution < 1.29 is 18.6 Å². The number of nitrogens with zero attached hydrogens (tertiary/aromatic N) is 5. The zero-order chi connectivity index (χ0) is 18.5. The number of rotatable bonds is 7. The summed E-state index contributed by atoms with van der Waals surface area (Å²) in [5, 5.41) is 7.90. The lowest BCUT2D eigenvalue weighted by molar-refractivity contribution is 0.0600. The fourth-order valence-corrected chi connectivity index (χ4v) is 2.39. The molecular weight excluding hydrogens is 338 g/mol. The third kappa shape index (κ3) is 4.12. The number of hydrogen-bond donors (Lipinski definition) is 0. The SMILES string of the molecule is CCN(Cc1noc(C)n1)Cc1nc(-c2ccc(C(=O)OC)cc2)no1. The van der Waals surface area contributed by atoms with Gasteiger partial charge in [0.2, 0.25) is 17.6 Å². The topological polar surface area (TPSA) is 107 Å². The number of aryl methyl sites for hydroxylation is 1. The molecule has 0 spiro atoms. The van der Waals surface area contributed by atoms with Crippen molar-refractivity contribution in [1.82, 2.24) is 25.2 Å². The molecule has 0 radical (unpaired) electrons. The molecule has 3 aromatic rings. The molecule has 0 unspecified atom stereocenters. The number of esters is 1. The highest BCUT2D eigenvalue weighted by Gasteiger charge is 2.15. The molecule has 136 valence electrons. The van der Waals surface area contributed by atoms with Crippen molar-refractivity contribution in [3.05, 3.63) is 47.4 Å². The fraction of sp³-hybridized carbons (Fsp3) is 0.353. The van der Waals surface area contributed by atoms with E-state index in [9.17, 15) is 4.79 Å². The first-order valence-electron chi connectivity index (χ1n) is 8.12. The third-order valence-corrected chi connectivity index (χ3v) is 3.77. The summed E-state index contributed by atoms with van der Waals surface area (Å²) in [7, 11) is 1.34. The molecule has 0 aliphatic heterocycles. The quantitative estimate of drug-likeness (QED) is 0.588. The number of aromatic nitrogens is 4. The molecule has 0 amide bonds. The van der Waals surface area contributed by atoms with Crippen molar-refractivity contribution in [2.24, 2.45) is 0 Å². The Morgan fingerprint density at radius 2 is 1.88 bits per heavy atom. The van der Waals surface area contributed by atoms with E-state index in [0.717, 1.165) is 12.1 Å². The van der Waals surface area contributed by atoms with Crippen molar-refractivity contribution in [2.75, 3.05) is 13.7 Å². The van der Waals surface area contributed by atoms with Crippen molar-refractivity contribution in [3.8, 4) is 11.4 Å². The first-order chi connectivity index (χ1) is 12.6. The summed E-state index contributed by atoms with van der Waals surface area (Å²) in [6.45, 7) is 5.54. The van der Waals surface area contributed by atoms with E-state index in [0.29, 0.717) is 42.1 Å². The lowest BCUT2D eigenvalue weighted by atomic mass is 10.1. The van der Waals surface area contributed by atoms with Crippen molar-refractivity contribution in [2.45, 2.75) is 26.9 Å². The standard InChI is InChI=1S/C17H19N5O4/c1-4-22(9-14-18-11(2)25-20-14)10-15-19-16(21-26-15)12-5-7-13(8-6-12)17(23)24-3/h5-8H,4,9-10H2,1-3H3. The second kappa shape index (κ2) is 7.87. The molecule has 1 aromatic carbocycles. The predicted octanol–water partition coefficient (Wildman–Crippen LogP) is 2.24. The Morgan fingerprint density at radius 1 is 1.12 bits per heavy atom. The van der Waals surface area contributed by atoms with Crippen molar-refractivity contribution >= 4 is 5.97 Å². The minimum Gasteiger partial charge on any atom is -0.465 e. The van der Waals surface area contributed by atoms with E-state index < -0.39 is 0 Å². The van der Waals surface area contributed by atoms with Crippen LogP contribution in [0.5, 0.6) is 0 Å². The fourth-order valence-electron chi connectivity index (χ4n) is 2.39. The maximum atomic E-state index is 11.5. The molecule has 0 atom stereocenters. The number of benzene rings is 1. The molecule has 0 saturated carbocycles. The average molecular weight is 357 g/mol. The van der Waals surface area contributed by atoms with Gasteiger partial charge in [0, 0.05) is 12.5 Å². The first kappa shape index (κ1) is 17.7. The molecule has 3 rings (SSSR count). The van der Waals surface area contributed by atoms with Gasteiger partial charge >= 0.3 is 5.97 Å². The molecule has 2 heterocycles. The monoisotopic (exact) mass is 357 g/mol. The predicted molar refractivity (Wildman–Crippen MR) is 89.9 cm³/mol. The van der Waals surface area contributed by atoms with Gasteiger partial charge in [0.05, 0.1) is 25.8 Å². The van der Waals surface area contributed by atoms with Gasteiger partial charge in [-0.3, -0.25) is 4.90 Å². The van der Waals surface area contributed by atoms with Crippen molar-refractivity contribution in [1.29, 1.82) is 0 Å². The van der Waals surface area contributed by atoms with E-state index in [-0.39, 0.29) is 5.97 Å².